The van der Waals surface area contributed by atoms with Gasteiger partial charge in [0.1, 0.15) is 0 Å². The molecule has 0 bridgehead atoms. The third kappa shape index (κ3) is 5.07. The van der Waals surface area contributed by atoms with Crippen molar-refractivity contribution >= 4 is 11.6 Å². The number of hydrogen-bond acceptors (Lipinski definition) is 2. The minimum absolute atomic E-state index is 0.0828. The van der Waals surface area contributed by atoms with Crippen molar-refractivity contribution in [2.45, 2.75) is 31.9 Å². The maximum Gasteiger partial charge on any atom is 0.0634 e. The van der Waals surface area contributed by atoms with Crippen molar-refractivity contribution in [3.8, 4) is 0 Å². The van der Waals surface area contributed by atoms with Crippen molar-refractivity contribution in [1.82, 2.24) is 5.32 Å². The van der Waals surface area contributed by atoms with Gasteiger partial charge in [-0.05, 0) is 32.4 Å². The van der Waals surface area contributed by atoms with Crippen LogP contribution in [0.1, 0.15) is 31.9 Å². The van der Waals surface area contributed by atoms with E-state index in [4.69, 9.17) is 16.3 Å². The van der Waals surface area contributed by atoms with Gasteiger partial charge < -0.3 is 10.1 Å². The van der Waals surface area contributed by atoms with Crippen molar-refractivity contribution in [3.63, 3.8) is 0 Å². The number of methoxy groups -OCH3 is 1. The number of halogens is 1. The maximum absolute atomic E-state index is 5.99. The highest BCUT2D eigenvalue weighted by atomic mass is 35.5. The van der Waals surface area contributed by atoms with E-state index in [2.05, 4.69) is 31.3 Å². The molecule has 1 aromatic rings. The molecule has 0 radical (unpaired) electrons. The van der Waals surface area contributed by atoms with Crippen LogP contribution in [0.25, 0.3) is 0 Å². The van der Waals surface area contributed by atoms with Crippen molar-refractivity contribution in [3.05, 3.63) is 35.9 Å². The van der Waals surface area contributed by atoms with Gasteiger partial charge in [0.15, 0.2) is 0 Å². The predicted molar refractivity (Wildman–Crippen MR) is 73.6 cm³/mol. The lowest BCUT2D eigenvalue weighted by molar-refractivity contribution is 0.0154. The Kier molecular flexibility index (Phi) is 5.96. The summed E-state index contributed by atoms with van der Waals surface area (Å²) >= 11 is 5.99. The summed E-state index contributed by atoms with van der Waals surface area (Å²) in [5.41, 5.74) is 1.15. The molecule has 1 rings (SSSR count). The SMILES string of the molecule is COC(C)(C)CCNC(CCl)c1ccccc1. The van der Waals surface area contributed by atoms with Crippen molar-refractivity contribution in [2.75, 3.05) is 19.5 Å². The molecule has 1 N–H and O–H groups in total. The molecule has 3 heteroatoms. The van der Waals surface area contributed by atoms with Crippen molar-refractivity contribution in [2.24, 2.45) is 0 Å². The van der Waals surface area contributed by atoms with Crippen LogP contribution in [-0.2, 0) is 4.74 Å². The minimum atomic E-state index is -0.0828. The van der Waals surface area contributed by atoms with Gasteiger partial charge in [0.2, 0.25) is 0 Å². The van der Waals surface area contributed by atoms with Crippen LogP contribution in [0.15, 0.2) is 30.3 Å². The Labute approximate surface area is 109 Å². The molecule has 0 heterocycles. The monoisotopic (exact) mass is 255 g/mol. The largest absolute Gasteiger partial charge is 0.379 e. The van der Waals surface area contributed by atoms with E-state index in [1.54, 1.807) is 7.11 Å². The highest BCUT2D eigenvalue weighted by molar-refractivity contribution is 6.18. The van der Waals surface area contributed by atoms with Gasteiger partial charge in [-0.3, -0.25) is 0 Å². The number of rotatable bonds is 7. The fraction of sp³-hybridized carbons (Fsp3) is 0.571. The Bertz CT molecular complexity index is 313. The van der Waals surface area contributed by atoms with Crippen LogP contribution < -0.4 is 5.32 Å². The molecule has 0 spiro atoms. The van der Waals surface area contributed by atoms with Crippen molar-refractivity contribution < 1.29 is 4.74 Å². The highest BCUT2D eigenvalue weighted by Crippen LogP contribution is 2.16. The van der Waals surface area contributed by atoms with Crippen LogP contribution in [0.5, 0.6) is 0 Å². The van der Waals surface area contributed by atoms with Gasteiger partial charge >= 0.3 is 0 Å². The Morgan fingerprint density at radius 2 is 1.94 bits per heavy atom. The smallest absolute Gasteiger partial charge is 0.0634 e. The fourth-order valence-electron chi connectivity index (χ4n) is 1.60. The number of hydrogen-bond donors (Lipinski definition) is 1. The Balaban J connectivity index is 2.44. The molecule has 0 fully saturated rings. The lowest BCUT2D eigenvalue weighted by Crippen LogP contribution is -2.31. The minimum Gasteiger partial charge on any atom is -0.379 e. The van der Waals surface area contributed by atoms with Gasteiger partial charge in [-0.25, -0.2) is 0 Å². The normalized spacial score (nSPS) is 13.6. The summed E-state index contributed by atoms with van der Waals surface area (Å²) in [6.45, 7) is 5.08. The summed E-state index contributed by atoms with van der Waals surface area (Å²) in [6, 6.07) is 10.5. The van der Waals surface area contributed by atoms with Gasteiger partial charge in [0.05, 0.1) is 5.60 Å². The van der Waals surface area contributed by atoms with Crippen LogP contribution in [-0.4, -0.2) is 25.1 Å². The fourth-order valence-corrected chi connectivity index (χ4v) is 1.88. The second-order valence-electron chi connectivity index (χ2n) is 4.79. The van der Waals surface area contributed by atoms with Crippen LogP contribution in [0.4, 0.5) is 0 Å². The molecule has 1 atom stereocenters. The van der Waals surface area contributed by atoms with E-state index in [0.717, 1.165) is 13.0 Å². The Morgan fingerprint density at radius 1 is 1.29 bits per heavy atom. The number of benzene rings is 1. The summed E-state index contributed by atoms with van der Waals surface area (Å²) in [4.78, 5) is 0. The standard InChI is InChI=1S/C14H22ClNO/c1-14(2,17-3)9-10-16-13(11-15)12-7-5-4-6-8-12/h4-8,13,16H,9-11H2,1-3H3. The van der Waals surface area contributed by atoms with Crippen LogP contribution in [0.2, 0.25) is 0 Å². The number of alkyl halides is 1. The first-order chi connectivity index (χ1) is 8.09. The van der Waals surface area contributed by atoms with Crippen molar-refractivity contribution in [1.29, 1.82) is 0 Å². The molecule has 0 amide bonds. The lowest BCUT2D eigenvalue weighted by Gasteiger charge is -2.24. The van der Waals surface area contributed by atoms with Gasteiger partial charge in [-0.15, -0.1) is 11.6 Å². The number of ether oxygens (including phenoxy) is 1. The molecular weight excluding hydrogens is 234 g/mol. The summed E-state index contributed by atoms with van der Waals surface area (Å²) < 4.78 is 5.39. The van der Waals surface area contributed by atoms with E-state index in [1.165, 1.54) is 5.56 Å². The van der Waals surface area contributed by atoms with E-state index >= 15 is 0 Å². The molecule has 96 valence electrons. The first-order valence-electron chi connectivity index (χ1n) is 5.98. The molecule has 0 aromatic heterocycles. The van der Waals surface area contributed by atoms with E-state index in [9.17, 15) is 0 Å². The molecule has 0 saturated carbocycles. The third-order valence-corrected chi connectivity index (χ3v) is 3.34. The summed E-state index contributed by atoms with van der Waals surface area (Å²) in [7, 11) is 1.75. The van der Waals surface area contributed by atoms with Crippen LogP contribution in [0, 0.1) is 0 Å². The number of nitrogens with one attached hydrogen (secondary N) is 1. The third-order valence-electron chi connectivity index (χ3n) is 3.03. The quantitative estimate of drug-likeness (QED) is 0.755. The van der Waals surface area contributed by atoms with E-state index < -0.39 is 0 Å². The maximum atomic E-state index is 5.99. The van der Waals surface area contributed by atoms with Crippen LogP contribution in [0.3, 0.4) is 0 Å². The average Bonchev–Trinajstić information content (AvgIpc) is 2.36. The van der Waals surface area contributed by atoms with E-state index in [0.29, 0.717) is 5.88 Å². The Morgan fingerprint density at radius 3 is 2.47 bits per heavy atom. The second kappa shape index (κ2) is 7.00. The average molecular weight is 256 g/mol. The van der Waals surface area contributed by atoms with Gasteiger partial charge in [-0.1, -0.05) is 30.3 Å². The summed E-state index contributed by atoms with van der Waals surface area (Å²) in [6.07, 6.45) is 0.962. The zero-order valence-electron chi connectivity index (χ0n) is 10.9. The molecule has 1 aromatic carbocycles. The molecule has 2 nitrogen and oxygen atoms in total. The summed E-state index contributed by atoms with van der Waals surface area (Å²) in [5, 5.41) is 3.46. The molecule has 17 heavy (non-hydrogen) atoms. The Hall–Kier alpha value is -0.570. The van der Waals surface area contributed by atoms with E-state index in [-0.39, 0.29) is 11.6 Å². The van der Waals surface area contributed by atoms with Crippen LogP contribution >= 0.6 is 11.6 Å². The van der Waals surface area contributed by atoms with Gasteiger partial charge in [0.25, 0.3) is 0 Å². The first-order valence-corrected chi connectivity index (χ1v) is 6.52. The van der Waals surface area contributed by atoms with Gasteiger partial charge in [-0.2, -0.15) is 0 Å². The molecular formula is C14H22ClNO. The molecule has 0 aliphatic heterocycles. The van der Waals surface area contributed by atoms with Gasteiger partial charge in [0, 0.05) is 19.0 Å². The molecule has 0 aliphatic rings. The molecule has 0 saturated heterocycles. The zero-order chi connectivity index (χ0) is 12.7. The summed E-state index contributed by atoms with van der Waals surface area (Å²) in [5.74, 6) is 0.581. The predicted octanol–water partition coefficient (Wildman–Crippen LogP) is 3.37. The molecule has 0 aliphatic carbocycles. The van der Waals surface area contributed by atoms with E-state index in [1.807, 2.05) is 18.2 Å². The topological polar surface area (TPSA) is 21.3 Å². The zero-order valence-corrected chi connectivity index (χ0v) is 11.6. The lowest BCUT2D eigenvalue weighted by atomic mass is 10.0. The second-order valence-corrected chi connectivity index (χ2v) is 5.09. The highest BCUT2D eigenvalue weighted by Gasteiger charge is 2.17. The first kappa shape index (κ1) is 14.5. The molecule has 1 unspecified atom stereocenters.